The zero-order valence-electron chi connectivity index (χ0n) is 13.8. The van der Waals surface area contributed by atoms with E-state index in [9.17, 15) is 4.79 Å². The Kier molecular flexibility index (Phi) is 6.41. The highest BCUT2D eigenvalue weighted by Crippen LogP contribution is 2.30. The van der Waals surface area contributed by atoms with E-state index in [-0.39, 0.29) is 11.2 Å². The predicted molar refractivity (Wildman–Crippen MR) is 98.6 cm³/mol. The SMILES string of the molecule is CC[C@@H](C)c1ccccc1NC(=O)[C@H](C)Sc1nnc(NC)s1. The molecule has 0 spiro atoms. The lowest BCUT2D eigenvalue weighted by atomic mass is 9.97. The molecule has 1 aromatic carbocycles. The van der Waals surface area contributed by atoms with Gasteiger partial charge in [0.15, 0.2) is 4.34 Å². The average molecular weight is 351 g/mol. The van der Waals surface area contributed by atoms with E-state index in [0.717, 1.165) is 21.6 Å². The molecule has 23 heavy (non-hydrogen) atoms. The minimum atomic E-state index is -0.238. The molecule has 1 heterocycles. The molecule has 0 aliphatic rings. The zero-order valence-corrected chi connectivity index (χ0v) is 15.4. The third-order valence-electron chi connectivity index (χ3n) is 3.63. The molecular weight excluding hydrogens is 328 g/mol. The van der Waals surface area contributed by atoms with Gasteiger partial charge < -0.3 is 10.6 Å². The fourth-order valence-electron chi connectivity index (χ4n) is 2.06. The third-order valence-corrected chi connectivity index (χ3v) is 5.75. The topological polar surface area (TPSA) is 66.9 Å². The minimum Gasteiger partial charge on any atom is -0.363 e. The summed E-state index contributed by atoms with van der Waals surface area (Å²) in [6.45, 7) is 6.20. The predicted octanol–water partition coefficient (Wildman–Crippen LogP) is 4.21. The van der Waals surface area contributed by atoms with Crippen LogP contribution in [0.5, 0.6) is 0 Å². The first-order valence-electron chi connectivity index (χ1n) is 7.62. The summed E-state index contributed by atoms with van der Waals surface area (Å²) < 4.78 is 0.784. The molecule has 1 aromatic heterocycles. The van der Waals surface area contributed by atoms with Crippen molar-refractivity contribution >= 4 is 39.8 Å². The van der Waals surface area contributed by atoms with Gasteiger partial charge in [-0.2, -0.15) is 0 Å². The molecule has 0 aliphatic carbocycles. The van der Waals surface area contributed by atoms with E-state index in [1.165, 1.54) is 28.7 Å². The van der Waals surface area contributed by atoms with Crippen LogP contribution in [0.25, 0.3) is 0 Å². The summed E-state index contributed by atoms with van der Waals surface area (Å²) in [6, 6.07) is 7.99. The van der Waals surface area contributed by atoms with Crippen LogP contribution >= 0.6 is 23.1 Å². The number of benzene rings is 1. The maximum absolute atomic E-state index is 12.5. The van der Waals surface area contributed by atoms with E-state index < -0.39 is 0 Å². The third kappa shape index (κ3) is 4.68. The van der Waals surface area contributed by atoms with Crippen LogP contribution in [0.4, 0.5) is 10.8 Å². The Morgan fingerprint density at radius 3 is 2.70 bits per heavy atom. The molecule has 2 rings (SSSR count). The lowest BCUT2D eigenvalue weighted by Crippen LogP contribution is -2.23. The molecular formula is C16H22N4OS2. The van der Waals surface area contributed by atoms with Crippen molar-refractivity contribution in [3.8, 4) is 0 Å². The van der Waals surface area contributed by atoms with Crippen LogP contribution in [-0.4, -0.2) is 28.4 Å². The standard InChI is InChI=1S/C16H22N4OS2/c1-5-10(2)12-8-6-7-9-13(12)18-14(21)11(3)22-16-20-19-15(17-4)23-16/h6-11H,5H2,1-4H3,(H,17,19)(H,18,21)/t10-,11+/m1/s1. The first kappa shape index (κ1) is 17.7. The Labute approximate surface area is 145 Å². The van der Waals surface area contributed by atoms with Gasteiger partial charge in [0.1, 0.15) is 0 Å². The quantitative estimate of drug-likeness (QED) is 0.732. The first-order valence-corrected chi connectivity index (χ1v) is 9.32. The summed E-state index contributed by atoms with van der Waals surface area (Å²) in [6.07, 6.45) is 1.04. The van der Waals surface area contributed by atoms with Gasteiger partial charge in [0.25, 0.3) is 0 Å². The summed E-state index contributed by atoms with van der Waals surface area (Å²) in [4.78, 5) is 12.5. The van der Waals surface area contributed by atoms with E-state index in [2.05, 4.69) is 40.7 Å². The molecule has 0 saturated heterocycles. The Balaban J connectivity index is 2.03. The second-order valence-corrected chi connectivity index (χ2v) is 7.83. The highest BCUT2D eigenvalue weighted by molar-refractivity contribution is 8.02. The lowest BCUT2D eigenvalue weighted by molar-refractivity contribution is -0.115. The number of hydrogen-bond acceptors (Lipinski definition) is 6. The van der Waals surface area contributed by atoms with Gasteiger partial charge in [0.05, 0.1) is 5.25 Å². The van der Waals surface area contributed by atoms with Crippen LogP contribution in [-0.2, 0) is 4.79 Å². The van der Waals surface area contributed by atoms with Crippen LogP contribution in [0.15, 0.2) is 28.6 Å². The van der Waals surface area contributed by atoms with Gasteiger partial charge >= 0.3 is 0 Å². The van der Waals surface area contributed by atoms with Crippen LogP contribution in [0.3, 0.4) is 0 Å². The van der Waals surface area contributed by atoms with E-state index in [4.69, 9.17) is 0 Å². The molecule has 1 amide bonds. The summed E-state index contributed by atoms with van der Waals surface area (Å²) >= 11 is 2.87. The Morgan fingerprint density at radius 2 is 2.04 bits per heavy atom. The van der Waals surface area contributed by atoms with Gasteiger partial charge in [-0.25, -0.2) is 0 Å². The number of carbonyl (C=O) groups excluding carboxylic acids is 1. The number of nitrogens with zero attached hydrogens (tertiary/aromatic N) is 2. The molecule has 7 heteroatoms. The number of anilines is 2. The summed E-state index contributed by atoms with van der Waals surface area (Å²) in [5, 5.41) is 14.6. The second kappa shape index (κ2) is 8.31. The monoisotopic (exact) mass is 350 g/mol. The van der Waals surface area contributed by atoms with Gasteiger partial charge in [0, 0.05) is 12.7 Å². The highest BCUT2D eigenvalue weighted by atomic mass is 32.2. The summed E-state index contributed by atoms with van der Waals surface area (Å²) in [5.74, 6) is 0.391. The smallest absolute Gasteiger partial charge is 0.237 e. The van der Waals surface area contributed by atoms with Crippen molar-refractivity contribution in [2.75, 3.05) is 17.7 Å². The number of carbonyl (C=O) groups is 1. The van der Waals surface area contributed by atoms with Gasteiger partial charge in [0.2, 0.25) is 11.0 Å². The van der Waals surface area contributed by atoms with Crippen molar-refractivity contribution in [3.05, 3.63) is 29.8 Å². The average Bonchev–Trinajstić information content (AvgIpc) is 3.02. The molecule has 0 unspecified atom stereocenters. The van der Waals surface area contributed by atoms with Crippen LogP contribution < -0.4 is 10.6 Å². The fraction of sp³-hybridized carbons (Fsp3) is 0.438. The van der Waals surface area contributed by atoms with Crippen molar-refractivity contribution in [3.63, 3.8) is 0 Å². The van der Waals surface area contributed by atoms with Crippen molar-refractivity contribution < 1.29 is 4.79 Å². The van der Waals surface area contributed by atoms with E-state index >= 15 is 0 Å². The van der Waals surface area contributed by atoms with Gasteiger partial charge in [-0.15, -0.1) is 10.2 Å². The number of rotatable bonds is 7. The number of aromatic nitrogens is 2. The normalized spacial score (nSPS) is 13.4. The number of thioether (sulfide) groups is 1. The highest BCUT2D eigenvalue weighted by Gasteiger charge is 2.19. The molecule has 0 bridgehead atoms. The zero-order chi connectivity index (χ0) is 16.8. The van der Waals surface area contributed by atoms with Crippen molar-refractivity contribution in [1.29, 1.82) is 0 Å². The van der Waals surface area contributed by atoms with Crippen molar-refractivity contribution in [1.82, 2.24) is 10.2 Å². The van der Waals surface area contributed by atoms with Crippen LogP contribution in [0.1, 0.15) is 38.7 Å². The van der Waals surface area contributed by atoms with E-state index in [1.54, 1.807) is 7.05 Å². The lowest BCUT2D eigenvalue weighted by Gasteiger charge is -2.17. The second-order valence-electron chi connectivity index (χ2n) is 5.27. The first-order chi connectivity index (χ1) is 11.0. The van der Waals surface area contributed by atoms with E-state index in [1.807, 2.05) is 25.1 Å². The molecule has 0 aliphatic heterocycles. The van der Waals surface area contributed by atoms with Crippen LogP contribution in [0, 0.1) is 0 Å². The Morgan fingerprint density at radius 1 is 1.30 bits per heavy atom. The number of nitrogens with one attached hydrogen (secondary N) is 2. The molecule has 2 atom stereocenters. The molecule has 2 aromatic rings. The Hall–Kier alpha value is -1.60. The molecule has 2 N–H and O–H groups in total. The van der Waals surface area contributed by atoms with E-state index in [0.29, 0.717) is 5.92 Å². The van der Waals surface area contributed by atoms with Crippen molar-refractivity contribution in [2.45, 2.75) is 42.7 Å². The minimum absolute atomic E-state index is 0.0213. The van der Waals surface area contributed by atoms with Crippen LogP contribution in [0.2, 0.25) is 0 Å². The molecule has 5 nitrogen and oxygen atoms in total. The van der Waals surface area contributed by atoms with Crippen molar-refractivity contribution in [2.24, 2.45) is 0 Å². The summed E-state index contributed by atoms with van der Waals surface area (Å²) in [7, 11) is 1.80. The fourth-order valence-corrected chi connectivity index (χ4v) is 3.91. The maximum Gasteiger partial charge on any atom is 0.237 e. The van der Waals surface area contributed by atoms with Gasteiger partial charge in [-0.1, -0.05) is 55.1 Å². The molecule has 0 radical (unpaired) electrons. The largest absolute Gasteiger partial charge is 0.363 e. The molecule has 0 saturated carbocycles. The summed E-state index contributed by atoms with van der Waals surface area (Å²) in [5.41, 5.74) is 2.07. The molecule has 124 valence electrons. The number of amides is 1. The number of para-hydroxylation sites is 1. The van der Waals surface area contributed by atoms with Gasteiger partial charge in [-0.05, 0) is 30.9 Å². The van der Waals surface area contributed by atoms with Gasteiger partial charge in [-0.3, -0.25) is 4.79 Å². The maximum atomic E-state index is 12.5. The molecule has 0 fully saturated rings. The number of hydrogen-bond donors (Lipinski definition) is 2. The Bertz CT molecular complexity index is 659.